The molecule has 0 aliphatic carbocycles. The van der Waals surface area contributed by atoms with Gasteiger partial charge in [-0.3, -0.25) is 0 Å². The van der Waals surface area contributed by atoms with E-state index < -0.39 is 0 Å². The SMILES string of the molecule is COc1ccc([C@@H]2C[C@H](C)CN2)c(OC)c1C. The van der Waals surface area contributed by atoms with Gasteiger partial charge in [0, 0.05) is 17.2 Å². The molecule has 1 fully saturated rings. The Balaban J connectivity index is 2.37. The van der Waals surface area contributed by atoms with E-state index in [2.05, 4.69) is 18.3 Å². The highest BCUT2D eigenvalue weighted by atomic mass is 16.5. The maximum atomic E-state index is 5.55. The normalized spacial score (nSPS) is 23.8. The van der Waals surface area contributed by atoms with Crippen molar-refractivity contribution < 1.29 is 9.47 Å². The van der Waals surface area contributed by atoms with Crippen LogP contribution in [0.15, 0.2) is 12.1 Å². The summed E-state index contributed by atoms with van der Waals surface area (Å²) >= 11 is 0. The van der Waals surface area contributed by atoms with Crippen molar-refractivity contribution in [2.45, 2.75) is 26.3 Å². The third kappa shape index (κ3) is 2.25. The van der Waals surface area contributed by atoms with Gasteiger partial charge in [0.15, 0.2) is 0 Å². The van der Waals surface area contributed by atoms with Gasteiger partial charge in [0.1, 0.15) is 11.5 Å². The second-order valence-electron chi connectivity index (χ2n) is 4.82. The molecule has 1 saturated heterocycles. The fraction of sp³-hybridized carbons (Fsp3) is 0.571. The second kappa shape index (κ2) is 4.96. The minimum atomic E-state index is 0.407. The Morgan fingerprint density at radius 3 is 2.53 bits per heavy atom. The van der Waals surface area contributed by atoms with Crippen LogP contribution < -0.4 is 14.8 Å². The van der Waals surface area contributed by atoms with Crippen molar-refractivity contribution in [3.05, 3.63) is 23.3 Å². The molecule has 0 aromatic heterocycles. The highest BCUT2D eigenvalue weighted by molar-refractivity contribution is 5.50. The van der Waals surface area contributed by atoms with Crippen LogP contribution in [0.3, 0.4) is 0 Å². The van der Waals surface area contributed by atoms with Crippen molar-refractivity contribution in [1.82, 2.24) is 5.32 Å². The van der Waals surface area contributed by atoms with Crippen LogP contribution in [0.25, 0.3) is 0 Å². The molecule has 1 N–H and O–H groups in total. The van der Waals surface area contributed by atoms with Gasteiger partial charge in [0.25, 0.3) is 0 Å². The van der Waals surface area contributed by atoms with E-state index in [9.17, 15) is 0 Å². The summed E-state index contributed by atoms with van der Waals surface area (Å²) in [5.74, 6) is 2.57. The fourth-order valence-corrected chi connectivity index (χ4v) is 2.61. The Bertz CT molecular complexity index is 403. The molecule has 94 valence electrons. The average Bonchev–Trinajstić information content (AvgIpc) is 2.75. The summed E-state index contributed by atoms with van der Waals surface area (Å²) in [4.78, 5) is 0. The molecule has 17 heavy (non-hydrogen) atoms. The largest absolute Gasteiger partial charge is 0.496 e. The first-order valence-electron chi connectivity index (χ1n) is 6.12. The molecule has 1 heterocycles. The lowest BCUT2D eigenvalue weighted by Crippen LogP contribution is -2.14. The summed E-state index contributed by atoms with van der Waals surface area (Å²) < 4.78 is 10.9. The Hall–Kier alpha value is -1.22. The van der Waals surface area contributed by atoms with Crippen LogP contribution in [-0.4, -0.2) is 20.8 Å². The maximum Gasteiger partial charge on any atom is 0.130 e. The number of hydrogen-bond acceptors (Lipinski definition) is 3. The predicted molar refractivity (Wildman–Crippen MR) is 68.8 cm³/mol. The standard InChI is InChI=1S/C14H21NO2/c1-9-7-12(15-8-9)11-5-6-13(16-3)10(2)14(11)17-4/h5-6,9,12,15H,7-8H2,1-4H3/t9-,12-/m0/s1. The molecule has 1 aromatic rings. The second-order valence-corrected chi connectivity index (χ2v) is 4.82. The zero-order chi connectivity index (χ0) is 12.4. The molecule has 0 saturated carbocycles. The molecule has 0 amide bonds. The van der Waals surface area contributed by atoms with Gasteiger partial charge >= 0.3 is 0 Å². The third-order valence-electron chi connectivity index (χ3n) is 3.54. The van der Waals surface area contributed by atoms with Crippen LogP contribution in [0.5, 0.6) is 11.5 Å². The third-order valence-corrected chi connectivity index (χ3v) is 3.54. The maximum absolute atomic E-state index is 5.55. The molecular weight excluding hydrogens is 214 g/mol. The van der Waals surface area contributed by atoms with Crippen LogP contribution in [-0.2, 0) is 0 Å². The number of hydrogen-bond donors (Lipinski definition) is 1. The molecule has 2 atom stereocenters. The van der Waals surface area contributed by atoms with Gasteiger partial charge in [-0.25, -0.2) is 0 Å². The minimum Gasteiger partial charge on any atom is -0.496 e. The van der Waals surface area contributed by atoms with Crippen LogP contribution in [0.1, 0.15) is 30.5 Å². The van der Waals surface area contributed by atoms with Crippen molar-refractivity contribution in [3.8, 4) is 11.5 Å². The van der Waals surface area contributed by atoms with E-state index in [-0.39, 0.29) is 0 Å². The number of methoxy groups -OCH3 is 2. The van der Waals surface area contributed by atoms with Gasteiger partial charge < -0.3 is 14.8 Å². The fourth-order valence-electron chi connectivity index (χ4n) is 2.61. The lowest BCUT2D eigenvalue weighted by Gasteiger charge is -2.18. The van der Waals surface area contributed by atoms with Gasteiger partial charge in [-0.15, -0.1) is 0 Å². The Morgan fingerprint density at radius 1 is 1.24 bits per heavy atom. The Morgan fingerprint density at radius 2 is 2.00 bits per heavy atom. The smallest absolute Gasteiger partial charge is 0.130 e. The first kappa shape index (κ1) is 12.2. The zero-order valence-corrected chi connectivity index (χ0v) is 11.0. The van der Waals surface area contributed by atoms with Gasteiger partial charge in [0.2, 0.25) is 0 Å². The molecule has 1 aliphatic rings. The van der Waals surface area contributed by atoms with E-state index >= 15 is 0 Å². The predicted octanol–water partition coefficient (Wildman–Crippen LogP) is 2.68. The highest BCUT2D eigenvalue weighted by Crippen LogP contribution is 2.38. The van der Waals surface area contributed by atoms with Crippen LogP contribution in [0.4, 0.5) is 0 Å². The number of rotatable bonds is 3. The van der Waals surface area contributed by atoms with E-state index in [1.165, 1.54) is 12.0 Å². The van der Waals surface area contributed by atoms with Gasteiger partial charge in [-0.1, -0.05) is 13.0 Å². The summed E-state index contributed by atoms with van der Waals surface area (Å²) in [7, 11) is 3.42. The summed E-state index contributed by atoms with van der Waals surface area (Å²) in [5, 5.41) is 3.54. The average molecular weight is 235 g/mol. The minimum absolute atomic E-state index is 0.407. The molecule has 0 spiro atoms. The summed E-state index contributed by atoms with van der Waals surface area (Å²) in [6.07, 6.45) is 1.17. The Kier molecular flexibility index (Phi) is 3.57. The number of benzene rings is 1. The molecule has 3 nitrogen and oxygen atoms in total. The molecule has 0 unspecified atom stereocenters. The zero-order valence-electron chi connectivity index (χ0n) is 11.0. The first-order chi connectivity index (χ1) is 8.17. The van der Waals surface area contributed by atoms with Gasteiger partial charge in [-0.2, -0.15) is 0 Å². The van der Waals surface area contributed by atoms with E-state index in [1.807, 2.05) is 13.0 Å². The first-order valence-corrected chi connectivity index (χ1v) is 6.12. The van der Waals surface area contributed by atoms with Crippen molar-refractivity contribution in [1.29, 1.82) is 0 Å². The van der Waals surface area contributed by atoms with Crippen molar-refractivity contribution >= 4 is 0 Å². The molecule has 0 radical (unpaired) electrons. The summed E-state index contributed by atoms with van der Waals surface area (Å²) in [6, 6.07) is 4.54. The van der Waals surface area contributed by atoms with E-state index in [4.69, 9.17) is 9.47 Å². The molecular formula is C14H21NO2. The molecule has 3 heteroatoms. The summed E-state index contributed by atoms with van der Waals surface area (Å²) in [5.41, 5.74) is 2.32. The molecule has 0 bridgehead atoms. The topological polar surface area (TPSA) is 30.5 Å². The van der Waals surface area contributed by atoms with E-state index in [0.717, 1.165) is 29.5 Å². The summed E-state index contributed by atoms with van der Waals surface area (Å²) in [6.45, 7) is 5.40. The van der Waals surface area contributed by atoms with E-state index in [1.54, 1.807) is 14.2 Å². The number of ether oxygens (including phenoxy) is 2. The monoisotopic (exact) mass is 235 g/mol. The molecule has 1 aliphatic heterocycles. The van der Waals surface area contributed by atoms with Crippen LogP contribution in [0.2, 0.25) is 0 Å². The van der Waals surface area contributed by atoms with Gasteiger partial charge in [-0.05, 0) is 31.9 Å². The van der Waals surface area contributed by atoms with Crippen molar-refractivity contribution in [3.63, 3.8) is 0 Å². The number of nitrogens with one attached hydrogen (secondary N) is 1. The van der Waals surface area contributed by atoms with Crippen LogP contribution in [0, 0.1) is 12.8 Å². The van der Waals surface area contributed by atoms with Crippen molar-refractivity contribution in [2.24, 2.45) is 5.92 Å². The van der Waals surface area contributed by atoms with Crippen molar-refractivity contribution in [2.75, 3.05) is 20.8 Å². The quantitative estimate of drug-likeness (QED) is 0.873. The van der Waals surface area contributed by atoms with Crippen LogP contribution >= 0.6 is 0 Å². The van der Waals surface area contributed by atoms with Gasteiger partial charge in [0.05, 0.1) is 14.2 Å². The Labute approximate surface area is 103 Å². The molecule has 1 aromatic carbocycles. The molecule has 2 rings (SSSR count). The lowest BCUT2D eigenvalue weighted by atomic mass is 9.98. The highest BCUT2D eigenvalue weighted by Gasteiger charge is 2.25. The van der Waals surface area contributed by atoms with E-state index in [0.29, 0.717) is 6.04 Å². The lowest BCUT2D eigenvalue weighted by molar-refractivity contribution is 0.381.